The average molecular weight is 253 g/mol. The lowest BCUT2D eigenvalue weighted by Gasteiger charge is -2.06. The third kappa shape index (κ3) is 2.43. The standard InChI is InChI=1S/C9H11N5O2S/c10-4-7-5-12-13-9(7)14-17(15,16)8-2-1-3-11-6-8/h1-3,5-6H,4,10H2,(H2,12,13,14). The van der Waals surface area contributed by atoms with Gasteiger partial charge in [-0.05, 0) is 12.1 Å². The molecule has 0 spiro atoms. The van der Waals surface area contributed by atoms with Crippen LogP contribution >= 0.6 is 0 Å². The molecule has 17 heavy (non-hydrogen) atoms. The minimum Gasteiger partial charge on any atom is -0.326 e. The largest absolute Gasteiger partial charge is 0.326 e. The van der Waals surface area contributed by atoms with Gasteiger partial charge in [0.25, 0.3) is 10.0 Å². The molecule has 2 heterocycles. The highest BCUT2D eigenvalue weighted by Gasteiger charge is 2.16. The first kappa shape index (κ1) is 11.6. The van der Waals surface area contributed by atoms with Crippen molar-refractivity contribution in [1.82, 2.24) is 15.2 Å². The maximum atomic E-state index is 11.9. The van der Waals surface area contributed by atoms with Crippen LogP contribution in [0.4, 0.5) is 5.82 Å². The van der Waals surface area contributed by atoms with Crippen molar-refractivity contribution in [2.45, 2.75) is 11.4 Å². The van der Waals surface area contributed by atoms with Crippen molar-refractivity contribution < 1.29 is 8.42 Å². The predicted octanol–water partition coefficient (Wildman–Crippen LogP) is 0.0642. The summed E-state index contributed by atoms with van der Waals surface area (Å²) in [5.41, 5.74) is 6.04. The smallest absolute Gasteiger partial charge is 0.264 e. The summed E-state index contributed by atoms with van der Waals surface area (Å²) in [6, 6.07) is 3.00. The van der Waals surface area contributed by atoms with Crippen LogP contribution in [0.2, 0.25) is 0 Å². The number of nitrogens with one attached hydrogen (secondary N) is 2. The highest BCUT2D eigenvalue weighted by atomic mass is 32.2. The van der Waals surface area contributed by atoms with Gasteiger partial charge in [-0.1, -0.05) is 0 Å². The van der Waals surface area contributed by atoms with E-state index in [1.54, 1.807) is 6.07 Å². The number of nitrogens with zero attached hydrogens (tertiary/aromatic N) is 2. The summed E-state index contributed by atoms with van der Waals surface area (Å²) >= 11 is 0. The van der Waals surface area contributed by atoms with Gasteiger partial charge in [-0.15, -0.1) is 0 Å². The van der Waals surface area contributed by atoms with Gasteiger partial charge in [-0.3, -0.25) is 14.8 Å². The summed E-state index contributed by atoms with van der Waals surface area (Å²) in [6.07, 6.45) is 4.24. The van der Waals surface area contributed by atoms with Crippen LogP contribution in [0.25, 0.3) is 0 Å². The van der Waals surface area contributed by atoms with Crippen LogP contribution in [-0.2, 0) is 16.6 Å². The lowest BCUT2D eigenvalue weighted by atomic mass is 10.3. The molecule has 2 aromatic heterocycles. The minimum atomic E-state index is -3.66. The maximum Gasteiger partial charge on any atom is 0.264 e. The van der Waals surface area contributed by atoms with Crippen molar-refractivity contribution >= 4 is 15.8 Å². The number of nitrogens with two attached hydrogens (primary N) is 1. The zero-order chi connectivity index (χ0) is 12.3. The number of rotatable bonds is 4. The Labute approximate surface area is 98.1 Å². The first-order valence-electron chi connectivity index (χ1n) is 4.78. The number of hydrogen-bond acceptors (Lipinski definition) is 5. The van der Waals surface area contributed by atoms with E-state index in [9.17, 15) is 8.42 Å². The van der Waals surface area contributed by atoms with E-state index >= 15 is 0 Å². The Kier molecular flexibility index (Phi) is 3.07. The van der Waals surface area contributed by atoms with Gasteiger partial charge in [0.2, 0.25) is 0 Å². The Morgan fingerprint density at radius 3 is 2.88 bits per heavy atom. The van der Waals surface area contributed by atoms with Crippen molar-refractivity contribution in [3.8, 4) is 0 Å². The second-order valence-corrected chi connectivity index (χ2v) is 4.95. The molecule has 0 unspecified atom stereocenters. The molecule has 0 aliphatic heterocycles. The van der Waals surface area contributed by atoms with E-state index in [-0.39, 0.29) is 17.3 Å². The quantitative estimate of drug-likeness (QED) is 0.713. The summed E-state index contributed by atoms with van der Waals surface area (Å²) in [4.78, 5) is 3.83. The molecule has 0 radical (unpaired) electrons. The third-order valence-corrected chi connectivity index (χ3v) is 3.45. The van der Waals surface area contributed by atoms with Crippen LogP contribution in [0, 0.1) is 0 Å². The SMILES string of the molecule is NCc1cn[nH]c1NS(=O)(=O)c1cccnc1. The molecule has 0 aromatic carbocycles. The zero-order valence-electron chi connectivity index (χ0n) is 8.79. The summed E-state index contributed by atoms with van der Waals surface area (Å²) in [6.45, 7) is 0.196. The molecule has 90 valence electrons. The summed E-state index contributed by atoms with van der Waals surface area (Å²) in [7, 11) is -3.66. The van der Waals surface area contributed by atoms with E-state index in [2.05, 4.69) is 19.9 Å². The number of hydrogen-bond donors (Lipinski definition) is 3. The number of pyridine rings is 1. The predicted molar refractivity (Wildman–Crippen MR) is 61.5 cm³/mol. The molecule has 0 aliphatic rings. The highest BCUT2D eigenvalue weighted by molar-refractivity contribution is 7.92. The molecular formula is C9H11N5O2S. The maximum absolute atomic E-state index is 11.9. The molecule has 4 N–H and O–H groups in total. The lowest BCUT2D eigenvalue weighted by Crippen LogP contribution is -2.15. The fraction of sp³-hybridized carbons (Fsp3) is 0.111. The van der Waals surface area contributed by atoms with Crippen LogP contribution in [-0.4, -0.2) is 23.6 Å². The molecule has 0 fully saturated rings. The van der Waals surface area contributed by atoms with Crippen molar-refractivity contribution in [1.29, 1.82) is 0 Å². The monoisotopic (exact) mass is 253 g/mol. The van der Waals surface area contributed by atoms with E-state index in [0.717, 1.165) is 0 Å². The van der Waals surface area contributed by atoms with Gasteiger partial charge in [0.1, 0.15) is 10.7 Å². The van der Waals surface area contributed by atoms with E-state index in [1.165, 1.54) is 24.7 Å². The second kappa shape index (κ2) is 4.52. The van der Waals surface area contributed by atoms with Crippen LogP contribution in [0.15, 0.2) is 35.6 Å². The Hall–Kier alpha value is -1.93. The third-order valence-electron chi connectivity index (χ3n) is 2.12. The summed E-state index contributed by atoms with van der Waals surface area (Å²) in [5.74, 6) is 0.274. The molecule has 2 rings (SSSR count). The Morgan fingerprint density at radius 1 is 1.41 bits per heavy atom. The number of sulfonamides is 1. The van der Waals surface area contributed by atoms with Crippen molar-refractivity contribution in [3.05, 3.63) is 36.3 Å². The van der Waals surface area contributed by atoms with Gasteiger partial charge in [-0.2, -0.15) is 5.10 Å². The Morgan fingerprint density at radius 2 is 2.24 bits per heavy atom. The molecule has 0 atom stereocenters. The fourth-order valence-corrected chi connectivity index (χ4v) is 2.27. The minimum absolute atomic E-state index is 0.0811. The molecule has 2 aromatic rings. The molecule has 0 aliphatic carbocycles. The van der Waals surface area contributed by atoms with E-state index in [0.29, 0.717) is 5.56 Å². The van der Waals surface area contributed by atoms with Crippen LogP contribution in [0.5, 0.6) is 0 Å². The highest BCUT2D eigenvalue weighted by Crippen LogP contribution is 2.16. The van der Waals surface area contributed by atoms with E-state index < -0.39 is 10.0 Å². The topological polar surface area (TPSA) is 114 Å². The van der Waals surface area contributed by atoms with Crippen molar-refractivity contribution in [2.75, 3.05) is 4.72 Å². The Bertz CT molecular complexity index is 593. The summed E-state index contributed by atoms with van der Waals surface area (Å²) in [5, 5.41) is 6.27. The van der Waals surface area contributed by atoms with Crippen LogP contribution in [0.3, 0.4) is 0 Å². The van der Waals surface area contributed by atoms with Gasteiger partial charge >= 0.3 is 0 Å². The van der Waals surface area contributed by atoms with E-state index in [4.69, 9.17) is 5.73 Å². The molecule has 0 bridgehead atoms. The number of aromatic nitrogens is 3. The van der Waals surface area contributed by atoms with Gasteiger partial charge in [0.05, 0.1) is 6.20 Å². The normalized spacial score (nSPS) is 11.4. The lowest BCUT2D eigenvalue weighted by molar-refractivity contribution is 0.600. The van der Waals surface area contributed by atoms with Gasteiger partial charge in [0.15, 0.2) is 0 Å². The van der Waals surface area contributed by atoms with Crippen LogP contribution < -0.4 is 10.5 Å². The first-order chi connectivity index (χ1) is 8.13. The molecule has 0 saturated heterocycles. The van der Waals surface area contributed by atoms with Crippen molar-refractivity contribution in [3.63, 3.8) is 0 Å². The van der Waals surface area contributed by atoms with Crippen LogP contribution in [0.1, 0.15) is 5.56 Å². The number of anilines is 1. The molecule has 0 saturated carbocycles. The fourth-order valence-electron chi connectivity index (χ4n) is 1.25. The molecular weight excluding hydrogens is 242 g/mol. The van der Waals surface area contributed by atoms with Gasteiger partial charge in [0, 0.05) is 24.5 Å². The Balaban J connectivity index is 2.30. The first-order valence-corrected chi connectivity index (χ1v) is 6.27. The second-order valence-electron chi connectivity index (χ2n) is 3.27. The summed E-state index contributed by atoms with van der Waals surface area (Å²) < 4.78 is 26.2. The average Bonchev–Trinajstić information content (AvgIpc) is 2.77. The molecule has 8 heteroatoms. The zero-order valence-corrected chi connectivity index (χ0v) is 9.61. The molecule has 0 amide bonds. The van der Waals surface area contributed by atoms with E-state index in [1.807, 2.05) is 0 Å². The molecule has 7 nitrogen and oxygen atoms in total. The van der Waals surface area contributed by atoms with Gasteiger partial charge in [-0.25, -0.2) is 8.42 Å². The van der Waals surface area contributed by atoms with Gasteiger partial charge < -0.3 is 5.73 Å². The number of aromatic amines is 1. The number of H-pyrrole nitrogens is 1. The van der Waals surface area contributed by atoms with Crippen molar-refractivity contribution in [2.24, 2.45) is 5.73 Å².